The third-order valence-corrected chi connectivity index (χ3v) is 0.751. The summed E-state index contributed by atoms with van der Waals surface area (Å²) in [5.41, 5.74) is 0. The van der Waals surface area contributed by atoms with E-state index in [4.69, 9.17) is 0 Å². The van der Waals surface area contributed by atoms with Gasteiger partial charge < -0.3 is 5.32 Å². The summed E-state index contributed by atoms with van der Waals surface area (Å²) in [6.45, 7) is 0. The number of carbonyl (C=O) groups excluding carboxylic acids is 1. The molecule has 1 amide bonds. The Morgan fingerprint density at radius 1 is 1.67 bits per heavy atom. The number of nitrogens with zero attached hydrogens (tertiary/aromatic N) is 2. The molecule has 4 heteroatoms. The SMILES string of the molecule is O=[C]Nc1cccnn1. The van der Waals surface area contributed by atoms with Gasteiger partial charge in [0, 0.05) is 6.20 Å². The summed E-state index contributed by atoms with van der Waals surface area (Å²) in [5, 5.41) is 9.29. The highest BCUT2D eigenvalue weighted by Crippen LogP contribution is 1.93. The van der Waals surface area contributed by atoms with Crippen molar-refractivity contribution >= 4 is 12.2 Å². The number of hydrogen-bond donors (Lipinski definition) is 1. The van der Waals surface area contributed by atoms with Gasteiger partial charge in [-0.2, -0.15) is 5.10 Å². The summed E-state index contributed by atoms with van der Waals surface area (Å²) < 4.78 is 0. The van der Waals surface area contributed by atoms with Crippen LogP contribution in [0.25, 0.3) is 0 Å². The minimum atomic E-state index is 0.410. The molecule has 1 N–H and O–H groups in total. The second-order valence-electron chi connectivity index (χ2n) is 1.34. The van der Waals surface area contributed by atoms with Crippen LogP contribution in [-0.2, 0) is 4.79 Å². The van der Waals surface area contributed by atoms with Gasteiger partial charge in [-0.15, -0.1) is 5.10 Å². The molecule has 0 bridgehead atoms. The van der Waals surface area contributed by atoms with Crippen molar-refractivity contribution in [1.29, 1.82) is 0 Å². The second-order valence-corrected chi connectivity index (χ2v) is 1.34. The monoisotopic (exact) mass is 122 g/mol. The molecular formula is C5H4N3O. The lowest BCUT2D eigenvalue weighted by atomic mass is 10.5. The van der Waals surface area contributed by atoms with Gasteiger partial charge in [0.15, 0.2) is 5.82 Å². The Kier molecular flexibility index (Phi) is 1.74. The molecule has 1 aromatic heterocycles. The normalized spacial score (nSPS) is 8.44. The molecule has 1 rings (SSSR count). The highest BCUT2D eigenvalue weighted by Gasteiger charge is 1.86. The van der Waals surface area contributed by atoms with Gasteiger partial charge in [-0.05, 0) is 12.1 Å². The van der Waals surface area contributed by atoms with Crippen LogP contribution in [0.3, 0.4) is 0 Å². The molecule has 0 aliphatic rings. The number of nitrogens with one attached hydrogen (secondary N) is 1. The summed E-state index contributed by atoms with van der Waals surface area (Å²) in [5.74, 6) is 0.410. The maximum Gasteiger partial charge on any atom is 0.315 e. The predicted molar refractivity (Wildman–Crippen MR) is 31.3 cm³/mol. The Labute approximate surface area is 51.9 Å². The standard InChI is InChI=1S/C5H4N3O/c9-4-6-5-2-1-3-7-8-5/h1-3H,(H,6,8,9). The lowest BCUT2D eigenvalue weighted by molar-refractivity contribution is 0.560. The van der Waals surface area contributed by atoms with E-state index in [1.807, 2.05) is 0 Å². The number of rotatable bonds is 2. The molecule has 1 aromatic rings. The van der Waals surface area contributed by atoms with Gasteiger partial charge in [-0.3, -0.25) is 4.79 Å². The van der Waals surface area contributed by atoms with Gasteiger partial charge in [0.1, 0.15) is 0 Å². The van der Waals surface area contributed by atoms with Crippen LogP contribution in [0.5, 0.6) is 0 Å². The Morgan fingerprint density at radius 3 is 3.11 bits per heavy atom. The summed E-state index contributed by atoms with van der Waals surface area (Å²) in [4.78, 5) is 9.67. The zero-order valence-corrected chi connectivity index (χ0v) is 4.53. The predicted octanol–water partition coefficient (Wildman–Crippen LogP) is -0.0443. The fourth-order valence-electron chi connectivity index (χ4n) is 0.420. The van der Waals surface area contributed by atoms with Gasteiger partial charge in [-0.1, -0.05) is 0 Å². The van der Waals surface area contributed by atoms with Crippen molar-refractivity contribution < 1.29 is 4.79 Å². The molecule has 0 aromatic carbocycles. The Hall–Kier alpha value is -1.45. The Balaban J connectivity index is 2.72. The van der Waals surface area contributed by atoms with Gasteiger partial charge in [0.25, 0.3) is 0 Å². The topological polar surface area (TPSA) is 54.9 Å². The van der Waals surface area contributed by atoms with E-state index >= 15 is 0 Å². The molecule has 0 aliphatic carbocycles. The Bertz CT molecular complexity index is 187. The Morgan fingerprint density at radius 2 is 2.56 bits per heavy atom. The maximum absolute atomic E-state index is 9.67. The highest BCUT2D eigenvalue weighted by molar-refractivity contribution is 5.68. The van der Waals surface area contributed by atoms with Gasteiger partial charge in [0.05, 0.1) is 0 Å². The first-order chi connectivity index (χ1) is 4.43. The van der Waals surface area contributed by atoms with Crippen LogP contribution in [0.15, 0.2) is 18.3 Å². The first-order valence-corrected chi connectivity index (χ1v) is 2.34. The summed E-state index contributed by atoms with van der Waals surface area (Å²) in [7, 11) is 0. The largest absolute Gasteiger partial charge is 0.315 e. The highest BCUT2D eigenvalue weighted by atomic mass is 16.1. The molecule has 0 spiro atoms. The maximum atomic E-state index is 9.67. The number of aromatic nitrogens is 2. The zero-order chi connectivity index (χ0) is 6.53. The zero-order valence-electron chi connectivity index (χ0n) is 4.53. The van der Waals surface area contributed by atoms with Crippen molar-refractivity contribution in [3.8, 4) is 0 Å². The molecule has 1 heterocycles. The van der Waals surface area contributed by atoms with Crippen LogP contribution in [0.1, 0.15) is 0 Å². The lowest BCUT2D eigenvalue weighted by Crippen LogP contribution is -1.96. The van der Waals surface area contributed by atoms with Gasteiger partial charge >= 0.3 is 6.41 Å². The molecule has 9 heavy (non-hydrogen) atoms. The van der Waals surface area contributed by atoms with Crippen LogP contribution in [0, 0.1) is 0 Å². The number of anilines is 1. The summed E-state index contributed by atoms with van der Waals surface area (Å²) in [6, 6.07) is 3.30. The van der Waals surface area contributed by atoms with Crippen molar-refractivity contribution in [3.63, 3.8) is 0 Å². The van der Waals surface area contributed by atoms with Crippen molar-refractivity contribution in [1.82, 2.24) is 10.2 Å². The fraction of sp³-hybridized carbons (Fsp3) is 0. The summed E-state index contributed by atoms with van der Waals surface area (Å²) in [6.07, 6.45) is 3.01. The molecule has 0 saturated heterocycles. The second kappa shape index (κ2) is 2.76. The van der Waals surface area contributed by atoms with Crippen LogP contribution in [0.4, 0.5) is 5.82 Å². The molecule has 0 atom stereocenters. The average molecular weight is 122 g/mol. The van der Waals surface area contributed by atoms with E-state index in [0.29, 0.717) is 5.82 Å². The van der Waals surface area contributed by atoms with E-state index in [9.17, 15) is 4.79 Å². The van der Waals surface area contributed by atoms with Crippen LogP contribution >= 0.6 is 0 Å². The van der Waals surface area contributed by atoms with Crippen molar-refractivity contribution in [3.05, 3.63) is 18.3 Å². The number of hydrogen-bond acceptors (Lipinski definition) is 3. The molecule has 0 unspecified atom stereocenters. The van der Waals surface area contributed by atoms with E-state index in [1.165, 1.54) is 12.6 Å². The minimum Gasteiger partial charge on any atom is -0.301 e. The van der Waals surface area contributed by atoms with Gasteiger partial charge in [-0.25, -0.2) is 0 Å². The molecule has 1 radical (unpaired) electrons. The van der Waals surface area contributed by atoms with Crippen LogP contribution in [-0.4, -0.2) is 16.6 Å². The fourth-order valence-corrected chi connectivity index (χ4v) is 0.420. The first kappa shape index (κ1) is 5.68. The van der Waals surface area contributed by atoms with Gasteiger partial charge in [0.2, 0.25) is 0 Å². The third kappa shape index (κ3) is 1.49. The minimum absolute atomic E-state index is 0.410. The van der Waals surface area contributed by atoms with Crippen LogP contribution < -0.4 is 5.32 Å². The van der Waals surface area contributed by atoms with E-state index in [-0.39, 0.29) is 0 Å². The molecule has 45 valence electrons. The summed E-state index contributed by atoms with van der Waals surface area (Å²) >= 11 is 0. The average Bonchev–Trinajstić information content (AvgIpc) is 1.91. The van der Waals surface area contributed by atoms with E-state index in [1.54, 1.807) is 12.1 Å². The molecule has 0 saturated carbocycles. The number of amides is 1. The molecular weight excluding hydrogens is 118 g/mol. The van der Waals surface area contributed by atoms with Crippen molar-refractivity contribution in [2.24, 2.45) is 0 Å². The lowest BCUT2D eigenvalue weighted by Gasteiger charge is -1.89. The smallest absolute Gasteiger partial charge is 0.301 e. The molecule has 4 nitrogen and oxygen atoms in total. The van der Waals surface area contributed by atoms with Crippen molar-refractivity contribution in [2.75, 3.05) is 5.32 Å². The van der Waals surface area contributed by atoms with Crippen LogP contribution in [0.2, 0.25) is 0 Å². The molecule has 0 fully saturated rings. The molecule has 0 aliphatic heterocycles. The van der Waals surface area contributed by atoms with Crippen molar-refractivity contribution in [2.45, 2.75) is 0 Å². The quantitative estimate of drug-likeness (QED) is 0.560. The van der Waals surface area contributed by atoms with E-state index < -0.39 is 0 Å². The third-order valence-electron chi connectivity index (χ3n) is 0.751. The van der Waals surface area contributed by atoms with E-state index in [0.717, 1.165) is 0 Å². The first-order valence-electron chi connectivity index (χ1n) is 2.34. The van der Waals surface area contributed by atoms with E-state index in [2.05, 4.69) is 15.5 Å².